The van der Waals surface area contributed by atoms with Crippen molar-refractivity contribution in [2.45, 2.75) is 57.2 Å². The quantitative estimate of drug-likeness (QED) is 0.782. The Kier molecular flexibility index (Phi) is 4.22. The highest BCUT2D eigenvalue weighted by Gasteiger charge is 2.35. The van der Waals surface area contributed by atoms with E-state index >= 15 is 0 Å². The van der Waals surface area contributed by atoms with Gasteiger partial charge in [-0.25, -0.2) is 0 Å². The summed E-state index contributed by atoms with van der Waals surface area (Å²) in [6.45, 7) is 5.77. The number of rotatable bonds is 4. The second-order valence-electron chi connectivity index (χ2n) is 5.61. The number of fused-ring (bicyclic) bond motifs is 2. The van der Waals surface area contributed by atoms with Crippen LogP contribution in [0.3, 0.4) is 0 Å². The van der Waals surface area contributed by atoms with Gasteiger partial charge < -0.3 is 5.73 Å². The van der Waals surface area contributed by atoms with E-state index in [1.54, 1.807) is 0 Å². The Labute approximate surface area is 100.0 Å². The minimum Gasteiger partial charge on any atom is -0.330 e. The molecule has 3 unspecified atom stereocenters. The zero-order valence-corrected chi connectivity index (χ0v) is 10.9. The summed E-state index contributed by atoms with van der Waals surface area (Å²) in [5.74, 6) is 0. The summed E-state index contributed by atoms with van der Waals surface area (Å²) < 4.78 is 0. The molecule has 2 rings (SSSR count). The lowest BCUT2D eigenvalue weighted by molar-refractivity contribution is 0.173. The van der Waals surface area contributed by atoms with E-state index in [4.69, 9.17) is 5.73 Å². The van der Waals surface area contributed by atoms with Gasteiger partial charge in [0.05, 0.1) is 0 Å². The van der Waals surface area contributed by atoms with Crippen LogP contribution in [0.2, 0.25) is 0 Å². The van der Waals surface area contributed by atoms with Crippen molar-refractivity contribution in [2.24, 2.45) is 5.73 Å². The van der Waals surface area contributed by atoms with Crippen molar-refractivity contribution in [3.8, 4) is 0 Å². The van der Waals surface area contributed by atoms with Crippen LogP contribution in [0.25, 0.3) is 0 Å². The standard InChI is InChI=1S/C13H27N3/c1-11(4-3-8-14)16-9-7-12-5-6-13(10-16)15(12)2/h11-13H,3-10,14H2,1-2H3. The normalized spacial score (nSPS) is 33.9. The molecule has 0 aromatic rings. The first-order chi connectivity index (χ1) is 7.72. The molecule has 3 heteroatoms. The Balaban J connectivity index is 1.88. The molecular weight excluding hydrogens is 198 g/mol. The molecule has 3 nitrogen and oxygen atoms in total. The molecular formula is C13H27N3. The van der Waals surface area contributed by atoms with Gasteiger partial charge >= 0.3 is 0 Å². The molecule has 2 N–H and O–H groups in total. The molecule has 2 bridgehead atoms. The molecule has 16 heavy (non-hydrogen) atoms. The Hall–Kier alpha value is -0.120. The first-order valence-corrected chi connectivity index (χ1v) is 6.88. The van der Waals surface area contributed by atoms with Crippen molar-refractivity contribution in [1.82, 2.24) is 9.80 Å². The summed E-state index contributed by atoms with van der Waals surface area (Å²) >= 11 is 0. The molecule has 0 aromatic heterocycles. The fraction of sp³-hybridized carbons (Fsp3) is 1.00. The molecule has 2 saturated heterocycles. The van der Waals surface area contributed by atoms with Gasteiger partial charge in [0.2, 0.25) is 0 Å². The summed E-state index contributed by atoms with van der Waals surface area (Å²) in [5.41, 5.74) is 5.59. The van der Waals surface area contributed by atoms with E-state index in [0.29, 0.717) is 0 Å². The minimum absolute atomic E-state index is 0.719. The van der Waals surface area contributed by atoms with Crippen LogP contribution in [0.15, 0.2) is 0 Å². The highest BCUT2D eigenvalue weighted by atomic mass is 15.3. The Morgan fingerprint density at radius 2 is 2.00 bits per heavy atom. The average Bonchev–Trinajstić information content (AvgIpc) is 2.50. The van der Waals surface area contributed by atoms with Gasteiger partial charge in [-0.1, -0.05) is 0 Å². The molecule has 0 radical (unpaired) electrons. The maximum absolute atomic E-state index is 5.59. The van der Waals surface area contributed by atoms with Crippen LogP contribution in [0.4, 0.5) is 0 Å². The van der Waals surface area contributed by atoms with Gasteiger partial charge in [0.15, 0.2) is 0 Å². The van der Waals surface area contributed by atoms with Gasteiger partial charge in [0, 0.05) is 24.7 Å². The first-order valence-electron chi connectivity index (χ1n) is 6.88. The largest absolute Gasteiger partial charge is 0.330 e. The first kappa shape index (κ1) is 12.3. The topological polar surface area (TPSA) is 32.5 Å². The van der Waals surface area contributed by atoms with Crippen LogP contribution in [0, 0.1) is 0 Å². The van der Waals surface area contributed by atoms with Gasteiger partial charge in [0.1, 0.15) is 0 Å². The number of nitrogens with two attached hydrogens (primary N) is 1. The Morgan fingerprint density at radius 3 is 2.75 bits per heavy atom. The number of likely N-dealkylation sites (tertiary alicyclic amines) is 1. The smallest absolute Gasteiger partial charge is 0.0223 e. The zero-order valence-electron chi connectivity index (χ0n) is 10.9. The predicted molar refractivity (Wildman–Crippen MR) is 68.5 cm³/mol. The van der Waals surface area contributed by atoms with Crippen LogP contribution in [0.1, 0.15) is 39.0 Å². The van der Waals surface area contributed by atoms with E-state index in [1.807, 2.05) is 0 Å². The number of hydrogen-bond donors (Lipinski definition) is 1. The van der Waals surface area contributed by atoms with Gasteiger partial charge in [-0.15, -0.1) is 0 Å². The number of hydrogen-bond acceptors (Lipinski definition) is 3. The van der Waals surface area contributed by atoms with Crippen LogP contribution in [-0.2, 0) is 0 Å². The van der Waals surface area contributed by atoms with Crippen molar-refractivity contribution in [3.05, 3.63) is 0 Å². The van der Waals surface area contributed by atoms with E-state index in [0.717, 1.165) is 24.7 Å². The molecule has 2 fully saturated rings. The Bertz CT molecular complexity index is 219. The highest BCUT2D eigenvalue weighted by Crippen LogP contribution is 2.29. The zero-order chi connectivity index (χ0) is 11.5. The molecule has 0 spiro atoms. The van der Waals surface area contributed by atoms with Gasteiger partial charge in [-0.05, 0) is 59.2 Å². The maximum atomic E-state index is 5.59. The SMILES string of the molecule is CC(CCCN)N1CCC2CCC(C1)N2C. The fourth-order valence-corrected chi connectivity index (χ4v) is 3.33. The van der Waals surface area contributed by atoms with E-state index in [-0.39, 0.29) is 0 Å². The van der Waals surface area contributed by atoms with Crippen LogP contribution in [-0.4, -0.2) is 54.6 Å². The monoisotopic (exact) mass is 225 g/mol. The second-order valence-corrected chi connectivity index (χ2v) is 5.61. The summed E-state index contributed by atoms with van der Waals surface area (Å²) in [7, 11) is 2.32. The third-order valence-corrected chi connectivity index (χ3v) is 4.63. The summed E-state index contributed by atoms with van der Waals surface area (Å²) in [5, 5.41) is 0. The molecule has 2 aliphatic heterocycles. The van der Waals surface area contributed by atoms with Crippen LogP contribution < -0.4 is 5.73 Å². The molecule has 2 aliphatic rings. The van der Waals surface area contributed by atoms with Gasteiger partial charge in [-0.2, -0.15) is 0 Å². The molecule has 2 heterocycles. The van der Waals surface area contributed by atoms with Crippen molar-refractivity contribution < 1.29 is 0 Å². The van der Waals surface area contributed by atoms with Gasteiger partial charge in [0.25, 0.3) is 0 Å². The highest BCUT2D eigenvalue weighted by molar-refractivity contribution is 4.92. The summed E-state index contributed by atoms with van der Waals surface area (Å²) in [4.78, 5) is 5.31. The maximum Gasteiger partial charge on any atom is 0.0223 e. The van der Waals surface area contributed by atoms with Gasteiger partial charge in [-0.3, -0.25) is 9.80 Å². The molecule has 0 aromatic carbocycles. The Morgan fingerprint density at radius 1 is 1.25 bits per heavy atom. The summed E-state index contributed by atoms with van der Waals surface area (Å²) in [6.07, 6.45) is 6.62. The van der Waals surface area contributed by atoms with Crippen LogP contribution in [0.5, 0.6) is 0 Å². The van der Waals surface area contributed by atoms with Crippen molar-refractivity contribution in [1.29, 1.82) is 0 Å². The number of nitrogens with zero attached hydrogens (tertiary/aromatic N) is 2. The van der Waals surface area contributed by atoms with E-state index in [9.17, 15) is 0 Å². The van der Waals surface area contributed by atoms with E-state index < -0.39 is 0 Å². The average molecular weight is 225 g/mol. The van der Waals surface area contributed by atoms with Crippen LogP contribution >= 0.6 is 0 Å². The lowest BCUT2D eigenvalue weighted by atomic mass is 10.1. The third-order valence-electron chi connectivity index (χ3n) is 4.63. The third kappa shape index (κ3) is 2.58. The van der Waals surface area contributed by atoms with E-state index in [1.165, 1.54) is 45.2 Å². The van der Waals surface area contributed by atoms with Crippen molar-refractivity contribution in [2.75, 3.05) is 26.7 Å². The minimum atomic E-state index is 0.719. The van der Waals surface area contributed by atoms with Crippen molar-refractivity contribution in [3.63, 3.8) is 0 Å². The molecule has 94 valence electrons. The molecule has 3 atom stereocenters. The van der Waals surface area contributed by atoms with Crippen molar-refractivity contribution >= 4 is 0 Å². The predicted octanol–water partition coefficient (Wildman–Crippen LogP) is 1.28. The fourth-order valence-electron chi connectivity index (χ4n) is 3.33. The molecule has 0 amide bonds. The summed E-state index contributed by atoms with van der Waals surface area (Å²) in [6, 6.07) is 2.39. The lowest BCUT2D eigenvalue weighted by Crippen LogP contribution is -2.41. The van der Waals surface area contributed by atoms with E-state index in [2.05, 4.69) is 23.8 Å². The molecule has 0 saturated carbocycles. The lowest BCUT2D eigenvalue weighted by Gasteiger charge is -2.31. The number of likely N-dealkylation sites (N-methyl/N-ethyl adjacent to an activating group) is 1. The molecule has 0 aliphatic carbocycles. The second kappa shape index (κ2) is 5.48.